The third kappa shape index (κ3) is 3.23. The molecule has 1 aromatic carbocycles. The monoisotopic (exact) mass is 340 g/mol. The molecular weight excluding hydrogens is 324 g/mol. The zero-order valence-corrected chi connectivity index (χ0v) is 13.5. The second-order valence-corrected chi connectivity index (χ2v) is 7.27. The lowest BCUT2D eigenvalue weighted by atomic mass is 10.1. The molecule has 6 nitrogen and oxygen atoms in total. The van der Waals surface area contributed by atoms with Gasteiger partial charge in [0.05, 0.1) is 5.52 Å². The highest BCUT2D eigenvalue weighted by Crippen LogP contribution is 2.26. The standard InChI is InChI=1S/C14H17ClN4O2S/c15-13-4-3-11-2-1-5-17-14(11)12(13)10-18-6-8-19(9-7-18)22(16,20)21/h1-5H,6-10H2,(H2,16,20,21). The van der Waals surface area contributed by atoms with Crippen LogP contribution >= 0.6 is 11.6 Å². The summed E-state index contributed by atoms with van der Waals surface area (Å²) in [6.07, 6.45) is 1.75. The molecule has 0 atom stereocenters. The Bertz CT molecular complexity index is 789. The average molecular weight is 341 g/mol. The van der Waals surface area contributed by atoms with Crippen molar-refractivity contribution in [1.29, 1.82) is 0 Å². The maximum atomic E-state index is 11.3. The van der Waals surface area contributed by atoms with Crippen molar-refractivity contribution in [3.05, 3.63) is 41.0 Å². The van der Waals surface area contributed by atoms with Gasteiger partial charge in [-0.1, -0.05) is 23.7 Å². The van der Waals surface area contributed by atoms with E-state index in [0.29, 0.717) is 37.7 Å². The molecule has 8 heteroatoms. The van der Waals surface area contributed by atoms with Gasteiger partial charge >= 0.3 is 0 Å². The van der Waals surface area contributed by atoms with Crippen LogP contribution in [-0.2, 0) is 16.8 Å². The molecule has 118 valence electrons. The Morgan fingerprint density at radius 2 is 1.91 bits per heavy atom. The fourth-order valence-electron chi connectivity index (χ4n) is 2.70. The molecule has 22 heavy (non-hydrogen) atoms. The molecule has 0 spiro atoms. The molecule has 0 aliphatic carbocycles. The molecule has 1 aliphatic rings. The van der Waals surface area contributed by atoms with Crippen LogP contribution in [0.15, 0.2) is 30.5 Å². The Kier molecular flexibility index (Phi) is 4.33. The first-order valence-electron chi connectivity index (χ1n) is 6.97. The van der Waals surface area contributed by atoms with Crippen LogP contribution in [0.25, 0.3) is 10.9 Å². The number of pyridine rings is 1. The van der Waals surface area contributed by atoms with E-state index in [9.17, 15) is 8.42 Å². The number of rotatable bonds is 3. The summed E-state index contributed by atoms with van der Waals surface area (Å²) in [4.78, 5) is 6.59. The Hall–Kier alpha value is -1.25. The number of hydrogen-bond acceptors (Lipinski definition) is 4. The number of benzene rings is 1. The molecule has 2 aromatic rings. The zero-order chi connectivity index (χ0) is 15.7. The van der Waals surface area contributed by atoms with Gasteiger partial charge in [-0.15, -0.1) is 0 Å². The second kappa shape index (κ2) is 6.10. The molecule has 0 bridgehead atoms. The molecule has 3 rings (SSSR count). The largest absolute Gasteiger partial charge is 0.296 e. The molecule has 0 unspecified atom stereocenters. The maximum absolute atomic E-state index is 11.3. The Morgan fingerprint density at radius 3 is 2.59 bits per heavy atom. The first-order valence-corrected chi connectivity index (χ1v) is 8.85. The SMILES string of the molecule is NS(=O)(=O)N1CCN(Cc2c(Cl)ccc3cccnc23)CC1. The van der Waals surface area contributed by atoms with Gasteiger partial charge in [0.15, 0.2) is 0 Å². The normalized spacial score (nSPS) is 17.9. The van der Waals surface area contributed by atoms with Crippen LogP contribution in [0.3, 0.4) is 0 Å². The van der Waals surface area contributed by atoms with Gasteiger partial charge in [0.2, 0.25) is 0 Å². The summed E-state index contributed by atoms with van der Waals surface area (Å²) in [5.74, 6) is 0. The number of nitrogens with zero attached hydrogens (tertiary/aromatic N) is 3. The summed E-state index contributed by atoms with van der Waals surface area (Å²) in [5.41, 5.74) is 1.87. The average Bonchev–Trinajstić information content (AvgIpc) is 2.50. The number of aromatic nitrogens is 1. The predicted octanol–water partition coefficient (Wildman–Crippen LogP) is 1.21. The van der Waals surface area contributed by atoms with Crippen molar-refractivity contribution in [2.24, 2.45) is 5.14 Å². The van der Waals surface area contributed by atoms with Crippen LogP contribution in [0.2, 0.25) is 5.02 Å². The van der Waals surface area contributed by atoms with E-state index in [-0.39, 0.29) is 0 Å². The molecule has 1 aromatic heterocycles. The molecule has 2 N–H and O–H groups in total. The summed E-state index contributed by atoms with van der Waals surface area (Å²) in [6, 6.07) is 7.72. The first-order chi connectivity index (χ1) is 10.4. The van der Waals surface area contributed by atoms with Gasteiger partial charge in [-0.05, 0) is 12.1 Å². The third-order valence-corrected chi connectivity index (χ3v) is 5.33. The number of halogens is 1. The van der Waals surface area contributed by atoms with Gasteiger partial charge in [-0.2, -0.15) is 12.7 Å². The van der Waals surface area contributed by atoms with Crippen molar-refractivity contribution in [1.82, 2.24) is 14.2 Å². The molecule has 0 radical (unpaired) electrons. The lowest BCUT2D eigenvalue weighted by Crippen LogP contribution is -2.50. The molecule has 2 heterocycles. The molecule has 1 fully saturated rings. The Labute approximate surface area is 134 Å². The van der Waals surface area contributed by atoms with E-state index in [4.69, 9.17) is 16.7 Å². The third-order valence-electron chi connectivity index (χ3n) is 3.90. The lowest BCUT2D eigenvalue weighted by molar-refractivity contribution is 0.182. The quantitative estimate of drug-likeness (QED) is 0.910. The van der Waals surface area contributed by atoms with E-state index in [1.54, 1.807) is 6.20 Å². The molecule has 1 aliphatic heterocycles. The minimum Gasteiger partial charge on any atom is -0.296 e. The molecule has 1 saturated heterocycles. The number of fused-ring (bicyclic) bond motifs is 1. The Morgan fingerprint density at radius 1 is 1.18 bits per heavy atom. The summed E-state index contributed by atoms with van der Waals surface area (Å²) in [6.45, 7) is 2.68. The van der Waals surface area contributed by atoms with Crippen LogP contribution in [0.4, 0.5) is 0 Å². The Balaban J connectivity index is 1.79. The van der Waals surface area contributed by atoms with E-state index < -0.39 is 10.2 Å². The van der Waals surface area contributed by atoms with E-state index in [1.807, 2.05) is 24.3 Å². The number of piperazine rings is 1. The topological polar surface area (TPSA) is 79.5 Å². The van der Waals surface area contributed by atoms with Gasteiger partial charge in [-0.25, -0.2) is 5.14 Å². The van der Waals surface area contributed by atoms with Gasteiger partial charge in [0.1, 0.15) is 0 Å². The summed E-state index contributed by atoms with van der Waals surface area (Å²) < 4.78 is 24.0. The molecule has 0 saturated carbocycles. The summed E-state index contributed by atoms with van der Waals surface area (Å²) in [7, 11) is -3.60. The lowest BCUT2D eigenvalue weighted by Gasteiger charge is -2.33. The molecule has 0 amide bonds. The highest BCUT2D eigenvalue weighted by molar-refractivity contribution is 7.86. The zero-order valence-electron chi connectivity index (χ0n) is 11.9. The van der Waals surface area contributed by atoms with Gasteiger partial charge in [0.25, 0.3) is 10.2 Å². The fraction of sp³-hybridized carbons (Fsp3) is 0.357. The van der Waals surface area contributed by atoms with Crippen molar-refractivity contribution in [2.75, 3.05) is 26.2 Å². The van der Waals surface area contributed by atoms with Crippen LogP contribution in [0.5, 0.6) is 0 Å². The van der Waals surface area contributed by atoms with E-state index in [1.165, 1.54) is 4.31 Å². The van der Waals surface area contributed by atoms with Crippen molar-refractivity contribution < 1.29 is 8.42 Å². The smallest absolute Gasteiger partial charge is 0.276 e. The maximum Gasteiger partial charge on any atom is 0.276 e. The van der Waals surface area contributed by atoms with E-state index in [2.05, 4.69) is 9.88 Å². The van der Waals surface area contributed by atoms with Crippen molar-refractivity contribution >= 4 is 32.7 Å². The van der Waals surface area contributed by atoms with Gasteiger partial charge < -0.3 is 0 Å². The second-order valence-electron chi connectivity index (χ2n) is 5.32. The highest BCUT2D eigenvalue weighted by Gasteiger charge is 2.24. The van der Waals surface area contributed by atoms with Crippen LogP contribution in [0, 0.1) is 0 Å². The van der Waals surface area contributed by atoms with E-state index >= 15 is 0 Å². The summed E-state index contributed by atoms with van der Waals surface area (Å²) in [5, 5.41) is 6.88. The summed E-state index contributed by atoms with van der Waals surface area (Å²) >= 11 is 6.33. The fourth-order valence-corrected chi connectivity index (χ4v) is 3.58. The van der Waals surface area contributed by atoms with Gasteiger partial charge in [-0.3, -0.25) is 9.88 Å². The number of hydrogen-bond donors (Lipinski definition) is 1. The minimum atomic E-state index is -3.60. The van der Waals surface area contributed by atoms with Crippen LogP contribution < -0.4 is 5.14 Å². The number of nitrogens with two attached hydrogens (primary N) is 1. The van der Waals surface area contributed by atoms with E-state index in [0.717, 1.165) is 16.5 Å². The van der Waals surface area contributed by atoms with Crippen molar-refractivity contribution in [3.8, 4) is 0 Å². The van der Waals surface area contributed by atoms with Gasteiger partial charge in [0, 0.05) is 54.9 Å². The van der Waals surface area contributed by atoms with Crippen LogP contribution in [-0.4, -0.2) is 48.8 Å². The minimum absolute atomic E-state index is 0.397. The predicted molar refractivity (Wildman–Crippen MR) is 86.7 cm³/mol. The van der Waals surface area contributed by atoms with Crippen molar-refractivity contribution in [3.63, 3.8) is 0 Å². The van der Waals surface area contributed by atoms with Crippen LogP contribution in [0.1, 0.15) is 5.56 Å². The molecular formula is C14H17ClN4O2S. The first kappa shape index (κ1) is 15.6. The highest BCUT2D eigenvalue weighted by atomic mass is 35.5. The van der Waals surface area contributed by atoms with Crippen molar-refractivity contribution in [2.45, 2.75) is 6.54 Å².